The Hall–Kier alpha value is -0.730. The van der Waals surface area contributed by atoms with Crippen LogP contribution in [0.2, 0.25) is 0 Å². The van der Waals surface area contributed by atoms with E-state index in [4.69, 9.17) is 5.73 Å². The summed E-state index contributed by atoms with van der Waals surface area (Å²) in [5, 5.41) is 0. The molecule has 1 spiro atoms. The van der Waals surface area contributed by atoms with Gasteiger partial charge in [-0.3, -0.25) is 4.99 Å². The second-order valence-corrected chi connectivity index (χ2v) is 6.93. The normalized spacial score (nSPS) is 36.8. The zero-order valence-corrected chi connectivity index (χ0v) is 12.4. The van der Waals surface area contributed by atoms with Gasteiger partial charge >= 0.3 is 0 Å². The molecule has 0 bridgehead atoms. The van der Waals surface area contributed by atoms with Gasteiger partial charge in [0, 0.05) is 6.04 Å². The van der Waals surface area contributed by atoms with Crippen LogP contribution in [-0.2, 0) is 0 Å². The highest BCUT2D eigenvalue weighted by atomic mass is 15.4. The lowest BCUT2D eigenvalue weighted by atomic mass is 9.91. The van der Waals surface area contributed by atoms with E-state index in [0.717, 1.165) is 18.4 Å². The van der Waals surface area contributed by atoms with Gasteiger partial charge in [0.25, 0.3) is 0 Å². The van der Waals surface area contributed by atoms with Gasteiger partial charge in [-0.25, -0.2) is 0 Å². The standard InChI is InChI=1S/C16H29N3/c1-2-13-9-10-16(11-13)12-18-15(17)19(16)14-7-5-3-4-6-8-14/h13-14H,2-12H2,1H3,(H2,17,18). The summed E-state index contributed by atoms with van der Waals surface area (Å²) in [5.41, 5.74) is 6.58. The Morgan fingerprint density at radius 2 is 1.95 bits per heavy atom. The predicted molar refractivity (Wildman–Crippen MR) is 80.2 cm³/mol. The van der Waals surface area contributed by atoms with Crippen LogP contribution in [0.1, 0.15) is 71.1 Å². The van der Waals surface area contributed by atoms with Gasteiger partial charge in [-0.2, -0.15) is 0 Å². The molecular weight excluding hydrogens is 234 g/mol. The molecule has 2 unspecified atom stereocenters. The fourth-order valence-corrected chi connectivity index (χ4v) is 4.64. The van der Waals surface area contributed by atoms with Crippen LogP contribution in [0.25, 0.3) is 0 Å². The fourth-order valence-electron chi connectivity index (χ4n) is 4.64. The fraction of sp³-hybridized carbons (Fsp3) is 0.938. The van der Waals surface area contributed by atoms with E-state index in [2.05, 4.69) is 16.8 Å². The Kier molecular flexibility index (Phi) is 3.72. The Morgan fingerprint density at radius 1 is 1.21 bits per heavy atom. The van der Waals surface area contributed by atoms with Gasteiger partial charge in [0.2, 0.25) is 0 Å². The van der Waals surface area contributed by atoms with E-state index in [9.17, 15) is 0 Å². The number of hydrogen-bond donors (Lipinski definition) is 1. The summed E-state index contributed by atoms with van der Waals surface area (Å²) < 4.78 is 0. The maximum Gasteiger partial charge on any atom is 0.192 e. The first-order valence-electron chi connectivity index (χ1n) is 8.34. The minimum atomic E-state index is 0.305. The van der Waals surface area contributed by atoms with Crippen molar-refractivity contribution in [2.75, 3.05) is 6.54 Å². The molecule has 0 aromatic carbocycles. The largest absolute Gasteiger partial charge is 0.370 e. The molecule has 3 heteroatoms. The van der Waals surface area contributed by atoms with Gasteiger partial charge in [-0.15, -0.1) is 0 Å². The number of nitrogens with two attached hydrogens (primary N) is 1. The smallest absolute Gasteiger partial charge is 0.192 e. The van der Waals surface area contributed by atoms with E-state index in [1.54, 1.807) is 0 Å². The highest BCUT2D eigenvalue weighted by molar-refractivity contribution is 5.81. The number of guanidine groups is 1. The molecule has 0 aromatic heterocycles. The lowest BCUT2D eigenvalue weighted by Gasteiger charge is -2.42. The third-order valence-corrected chi connectivity index (χ3v) is 5.75. The second kappa shape index (κ2) is 5.34. The van der Waals surface area contributed by atoms with Crippen LogP contribution < -0.4 is 5.73 Å². The molecule has 3 nitrogen and oxygen atoms in total. The second-order valence-electron chi connectivity index (χ2n) is 6.93. The van der Waals surface area contributed by atoms with Crippen LogP contribution in [0, 0.1) is 5.92 Å². The van der Waals surface area contributed by atoms with Gasteiger partial charge in [0.15, 0.2) is 5.96 Å². The summed E-state index contributed by atoms with van der Waals surface area (Å²) in [5.74, 6) is 1.75. The molecular formula is C16H29N3. The maximum absolute atomic E-state index is 6.28. The topological polar surface area (TPSA) is 41.6 Å². The van der Waals surface area contributed by atoms with E-state index in [-0.39, 0.29) is 0 Å². The molecule has 2 saturated carbocycles. The number of rotatable bonds is 2. The molecule has 108 valence electrons. The number of hydrogen-bond acceptors (Lipinski definition) is 3. The molecule has 1 aliphatic heterocycles. The third-order valence-electron chi connectivity index (χ3n) is 5.75. The summed E-state index contributed by atoms with van der Waals surface area (Å²) in [6, 6.07) is 0.671. The van der Waals surface area contributed by atoms with Gasteiger partial charge < -0.3 is 10.6 Å². The van der Waals surface area contributed by atoms with E-state index >= 15 is 0 Å². The van der Waals surface area contributed by atoms with Crippen molar-refractivity contribution in [2.24, 2.45) is 16.6 Å². The molecule has 2 aliphatic carbocycles. The minimum absolute atomic E-state index is 0.305. The first-order valence-corrected chi connectivity index (χ1v) is 8.34. The summed E-state index contributed by atoms with van der Waals surface area (Å²) in [4.78, 5) is 7.23. The summed E-state index contributed by atoms with van der Waals surface area (Å²) >= 11 is 0. The average molecular weight is 263 g/mol. The molecule has 2 fully saturated rings. The van der Waals surface area contributed by atoms with Crippen molar-refractivity contribution in [3.8, 4) is 0 Å². The highest BCUT2D eigenvalue weighted by Crippen LogP contribution is 2.45. The van der Waals surface area contributed by atoms with Crippen LogP contribution in [0.15, 0.2) is 4.99 Å². The van der Waals surface area contributed by atoms with Crippen molar-refractivity contribution >= 4 is 5.96 Å². The summed E-state index contributed by atoms with van der Waals surface area (Å²) in [6.07, 6.45) is 13.6. The van der Waals surface area contributed by atoms with Crippen LogP contribution in [0.4, 0.5) is 0 Å². The van der Waals surface area contributed by atoms with Gasteiger partial charge in [-0.1, -0.05) is 39.0 Å². The number of nitrogens with zero attached hydrogens (tertiary/aromatic N) is 2. The molecule has 1 heterocycles. The van der Waals surface area contributed by atoms with Crippen molar-refractivity contribution in [2.45, 2.75) is 82.7 Å². The molecule has 0 saturated heterocycles. The maximum atomic E-state index is 6.28. The quantitative estimate of drug-likeness (QED) is 0.777. The van der Waals surface area contributed by atoms with E-state index in [0.29, 0.717) is 11.6 Å². The molecule has 2 atom stereocenters. The molecule has 3 rings (SSSR count). The molecule has 3 aliphatic rings. The van der Waals surface area contributed by atoms with Crippen LogP contribution in [-0.4, -0.2) is 29.0 Å². The van der Waals surface area contributed by atoms with E-state index < -0.39 is 0 Å². The van der Waals surface area contributed by atoms with Crippen molar-refractivity contribution in [1.82, 2.24) is 4.90 Å². The van der Waals surface area contributed by atoms with Crippen molar-refractivity contribution in [1.29, 1.82) is 0 Å². The lowest BCUT2D eigenvalue weighted by Crippen LogP contribution is -2.55. The zero-order chi connectivity index (χ0) is 13.3. The Labute approximate surface area is 117 Å². The third kappa shape index (κ3) is 2.36. The molecule has 2 N–H and O–H groups in total. The Morgan fingerprint density at radius 3 is 2.58 bits per heavy atom. The highest BCUT2D eigenvalue weighted by Gasteiger charge is 2.49. The summed E-state index contributed by atoms with van der Waals surface area (Å²) in [7, 11) is 0. The summed E-state index contributed by atoms with van der Waals surface area (Å²) in [6.45, 7) is 3.30. The van der Waals surface area contributed by atoms with Gasteiger partial charge in [-0.05, 0) is 38.0 Å². The van der Waals surface area contributed by atoms with Gasteiger partial charge in [0.05, 0.1) is 12.1 Å². The van der Waals surface area contributed by atoms with Crippen molar-refractivity contribution in [3.05, 3.63) is 0 Å². The number of aliphatic imine (C=N–C) groups is 1. The molecule has 0 radical (unpaired) electrons. The zero-order valence-electron chi connectivity index (χ0n) is 12.4. The van der Waals surface area contributed by atoms with E-state index in [1.807, 2.05) is 0 Å². The molecule has 19 heavy (non-hydrogen) atoms. The minimum Gasteiger partial charge on any atom is -0.370 e. The molecule has 0 aromatic rings. The SMILES string of the molecule is CCC1CCC2(CN=C(N)N2C2CCCCCC2)C1. The Bertz CT molecular complexity index is 344. The van der Waals surface area contributed by atoms with E-state index in [1.165, 1.54) is 64.2 Å². The molecule has 0 amide bonds. The van der Waals surface area contributed by atoms with Crippen LogP contribution >= 0.6 is 0 Å². The first kappa shape index (κ1) is 13.3. The van der Waals surface area contributed by atoms with Gasteiger partial charge in [0.1, 0.15) is 0 Å². The van der Waals surface area contributed by atoms with Crippen molar-refractivity contribution in [3.63, 3.8) is 0 Å². The monoisotopic (exact) mass is 263 g/mol. The first-order chi connectivity index (χ1) is 9.25. The van der Waals surface area contributed by atoms with Crippen LogP contribution in [0.3, 0.4) is 0 Å². The lowest BCUT2D eigenvalue weighted by molar-refractivity contribution is 0.136. The average Bonchev–Trinajstić information content (AvgIpc) is 2.85. The van der Waals surface area contributed by atoms with Crippen LogP contribution in [0.5, 0.6) is 0 Å². The Balaban J connectivity index is 1.78. The van der Waals surface area contributed by atoms with Crippen molar-refractivity contribution < 1.29 is 0 Å². The predicted octanol–water partition coefficient (Wildman–Crippen LogP) is 3.29.